The van der Waals surface area contributed by atoms with E-state index in [1.807, 2.05) is 24.3 Å². The molecule has 1 aromatic rings. The first-order chi connectivity index (χ1) is 9.02. The zero-order chi connectivity index (χ0) is 13.9. The van der Waals surface area contributed by atoms with Gasteiger partial charge in [-0.2, -0.15) is 0 Å². The Labute approximate surface area is 122 Å². The third-order valence-electron chi connectivity index (χ3n) is 4.47. The molecule has 0 aromatic heterocycles. The summed E-state index contributed by atoms with van der Waals surface area (Å²) in [5, 5.41) is 11.1. The Hall–Kier alpha value is -0.900. The Balaban J connectivity index is 2.32. The molecule has 19 heavy (non-hydrogen) atoms. The molecule has 1 atom stereocenters. The van der Waals surface area contributed by atoms with Crippen molar-refractivity contribution in [1.29, 1.82) is 0 Å². The molecule has 104 valence electrons. The van der Waals surface area contributed by atoms with E-state index in [-0.39, 0.29) is 16.9 Å². The van der Waals surface area contributed by atoms with Gasteiger partial charge in [0.15, 0.2) is 0 Å². The van der Waals surface area contributed by atoms with E-state index >= 15 is 0 Å². The maximum absolute atomic E-state index is 11.1. The first kappa shape index (κ1) is 14.5. The number of halogens is 1. The normalized spacial score (nSPS) is 19.9. The Morgan fingerprint density at radius 1 is 1.26 bits per heavy atom. The maximum Gasteiger partial charge on any atom is 0.213 e. The number of nitrogens with zero attached hydrogens (tertiary/aromatic N) is 1. The molecule has 1 aliphatic rings. The van der Waals surface area contributed by atoms with Crippen molar-refractivity contribution >= 4 is 15.9 Å². The zero-order valence-corrected chi connectivity index (χ0v) is 12.9. The molecule has 1 aliphatic carbocycles. The molecule has 1 fully saturated rings. The summed E-state index contributed by atoms with van der Waals surface area (Å²) < 4.78 is 1.02. The first-order valence-electron chi connectivity index (χ1n) is 6.90. The van der Waals surface area contributed by atoms with Crippen molar-refractivity contribution in [2.45, 2.75) is 44.4 Å². The molecule has 1 saturated carbocycles. The van der Waals surface area contributed by atoms with Crippen LogP contribution in [0.3, 0.4) is 0 Å². The quantitative estimate of drug-likeness (QED) is 0.601. The molecule has 3 nitrogen and oxygen atoms in total. The molecule has 0 N–H and O–H groups in total. The second-order valence-electron chi connectivity index (χ2n) is 5.75. The lowest BCUT2D eigenvalue weighted by atomic mass is 9.66. The van der Waals surface area contributed by atoms with Crippen LogP contribution in [0.1, 0.15) is 44.6 Å². The molecule has 0 unspecified atom stereocenters. The van der Waals surface area contributed by atoms with Gasteiger partial charge in [0.05, 0.1) is 5.41 Å². The van der Waals surface area contributed by atoms with Crippen molar-refractivity contribution in [3.8, 4) is 0 Å². The van der Waals surface area contributed by atoms with Gasteiger partial charge in [0.1, 0.15) is 0 Å². The maximum atomic E-state index is 11.1. The van der Waals surface area contributed by atoms with Gasteiger partial charge in [-0.15, -0.1) is 0 Å². The molecule has 0 radical (unpaired) electrons. The minimum atomic E-state index is -0.343. The lowest BCUT2D eigenvalue weighted by molar-refractivity contribution is -0.492. The minimum absolute atomic E-state index is 0.0271. The zero-order valence-electron chi connectivity index (χ0n) is 11.3. The van der Waals surface area contributed by atoms with Crippen LogP contribution in [0.4, 0.5) is 0 Å². The number of benzene rings is 1. The summed E-state index contributed by atoms with van der Waals surface area (Å²) in [6.45, 7) is 2.09. The standard InChI is InChI=1S/C15H20BrNO2/c1-15(11-17(18)19,12-5-3-2-4-6-12)13-7-9-14(16)10-8-13/h7-10,12H,2-6,11H2,1H3/t15-/m1/s1. The molecule has 0 saturated heterocycles. The van der Waals surface area contributed by atoms with E-state index in [0.29, 0.717) is 5.92 Å². The van der Waals surface area contributed by atoms with E-state index in [4.69, 9.17) is 0 Å². The lowest BCUT2D eigenvalue weighted by Gasteiger charge is -2.37. The van der Waals surface area contributed by atoms with E-state index in [1.165, 1.54) is 19.3 Å². The summed E-state index contributed by atoms with van der Waals surface area (Å²) >= 11 is 3.43. The van der Waals surface area contributed by atoms with Crippen LogP contribution in [0.5, 0.6) is 0 Å². The van der Waals surface area contributed by atoms with Gasteiger partial charge in [0, 0.05) is 9.40 Å². The van der Waals surface area contributed by atoms with Gasteiger partial charge in [-0.25, -0.2) is 0 Å². The first-order valence-corrected chi connectivity index (χ1v) is 7.69. The van der Waals surface area contributed by atoms with Crippen molar-refractivity contribution in [2.24, 2.45) is 5.92 Å². The highest BCUT2D eigenvalue weighted by Gasteiger charge is 2.40. The van der Waals surface area contributed by atoms with Gasteiger partial charge in [0.25, 0.3) is 0 Å². The highest BCUT2D eigenvalue weighted by molar-refractivity contribution is 9.10. The minimum Gasteiger partial charge on any atom is -0.265 e. The third-order valence-corrected chi connectivity index (χ3v) is 5.00. The van der Waals surface area contributed by atoms with E-state index in [9.17, 15) is 10.1 Å². The monoisotopic (exact) mass is 325 g/mol. The van der Waals surface area contributed by atoms with E-state index in [0.717, 1.165) is 22.9 Å². The topological polar surface area (TPSA) is 43.1 Å². The largest absolute Gasteiger partial charge is 0.265 e. The molecule has 0 bridgehead atoms. The molecule has 4 heteroatoms. The van der Waals surface area contributed by atoms with Crippen LogP contribution in [-0.4, -0.2) is 11.5 Å². The molecular weight excluding hydrogens is 306 g/mol. The Morgan fingerprint density at radius 2 is 1.84 bits per heavy atom. The van der Waals surface area contributed by atoms with E-state index in [1.54, 1.807) is 0 Å². The van der Waals surface area contributed by atoms with Crippen molar-refractivity contribution in [1.82, 2.24) is 0 Å². The highest BCUT2D eigenvalue weighted by atomic mass is 79.9. The van der Waals surface area contributed by atoms with Gasteiger partial charge in [-0.05, 0) is 43.4 Å². The van der Waals surface area contributed by atoms with Crippen LogP contribution >= 0.6 is 15.9 Å². The van der Waals surface area contributed by atoms with Crippen LogP contribution in [0.2, 0.25) is 0 Å². The predicted molar refractivity (Wildman–Crippen MR) is 79.9 cm³/mol. The van der Waals surface area contributed by atoms with Crippen LogP contribution in [0, 0.1) is 16.0 Å². The molecule has 0 heterocycles. The molecule has 1 aromatic carbocycles. The molecule has 0 spiro atoms. The highest BCUT2D eigenvalue weighted by Crippen LogP contribution is 2.41. The van der Waals surface area contributed by atoms with Crippen LogP contribution in [0.15, 0.2) is 28.7 Å². The number of rotatable bonds is 4. The Morgan fingerprint density at radius 3 is 2.37 bits per heavy atom. The fourth-order valence-corrected chi connectivity index (χ4v) is 3.56. The summed E-state index contributed by atoms with van der Waals surface area (Å²) in [4.78, 5) is 10.9. The Kier molecular flexibility index (Phi) is 4.61. The fourth-order valence-electron chi connectivity index (χ4n) is 3.29. The average Bonchev–Trinajstić information content (AvgIpc) is 2.39. The molecule has 0 amide bonds. The molecular formula is C15H20BrNO2. The summed E-state index contributed by atoms with van der Waals surface area (Å²) in [5.74, 6) is 0.424. The van der Waals surface area contributed by atoms with Crippen LogP contribution in [-0.2, 0) is 5.41 Å². The fraction of sp³-hybridized carbons (Fsp3) is 0.600. The molecule has 0 aliphatic heterocycles. The van der Waals surface area contributed by atoms with Crippen LogP contribution in [0.25, 0.3) is 0 Å². The average molecular weight is 326 g/mol. The Bertz CT molecular complexity index is 440. The van der Waals surface area contributed by atoms with Gasteiger partial charge in [-0.3, -0.25) is 10.1 Å². The van der Waals surface area contributed by atoms with Gasteiger partial charge in [0.2, 0.25) is 6.54 Å². The lowest BCUT2D eigenvalue weighted by Crippen LogP contribution is -2.40. The predicted octanol–water partition coefficient (Wildman–Crippen LogP) is 4.56. The van der Waals surface area contributed by atoms with Crippen molar-refractivity contribution in [3.63, 3.8) is 0 Å². The smallest absolute Gasteiger partial charge is 0.213 e. The molecule has 2 rings (SSSR count). The van der Waals surface area contributed by atoms with Crippen molar-refractivity contribution < 1.29 is 4.92 Å². The van der Waals surface area contributed by atoms with Crippen molar-refractivity contribution in [3.05, 3.63) is 44.4 Å². The summed E-state index contributed by atoms with van der Waals surface area (Å²) in [7, 11) is 0. The summed E-state index contributed by atoms with van der Waals surface area (Å²) in [5.41, 5.74) is 0.754. The number of hydrogen-bond donors (Lipinski definition) is 0. The SMILES string of the molecule is C[C@](C[N+](=O)[O-])(c1ccc(Br)cc1)C1CCCCC1. The van der Waals surface area contributed by atoms with Crippen LogP contribution < -0.4 is 0 Å². The third kappa shape index (κ3) is 3.35. The van der Waals surface area contributed by atoms with Gasteiger partial charge in [-0.1, -0.05) is 47.3 Å². The second-order valence-corrected chi connectivity index (χ2v) is 6.67. The second kappa shape index (κ2) is 6.04. The van der Waals surface area contributed by atoms with E-state index in [2.05, 4.69) is 22.9 Å². The van der Waals surface area contributed by atoms with Gasteiger partial charge < -0.3 is 0 Å². The van der Waals surface area contributed by atoms with E-state index < -0.39 is 0 Å². The summed E-state index contributed by atoms with van der Waals surface area (Å²) in [6, 6.07) is 8.02. The number of nitro groups is 1. The van der Waals surface area contributed by atoms with Gasteiger partial charge >= 0.3 is 0 Å². The van der Waals surface area contributed by atoms with Crippen molar-refractivity contribution in [2.75, 3.05) is 6.54 Å². The summed E-state index contributed by atoms with van der Waals surface area (Å²) in [6.07, 6.45) is 5.90. The number of hydrogen-bond acceptors (Lipinski definition) is 2.